The third kappa shape index (κ3) is 2.81. The van der Waals surface area contributed by atoms with Crippen LogP contribution in [-0.4, -0.2) is 17.8 Å². The molecule has 0 N–H and O–H groups in total. The van der Waals surface area contributed by atoms with E-state index in [1.54, 1.807) is 0 Å². The number of hydrogen-bond acceptors (Lipinski definition) is 2. The zero-order chi connectivity index (χ0) is 12.2. The summed E-state index contributed by atoms with van der Waals surface area (Å²) in [4.78, 5) is 12.4. The SMILES string of the molecule is CCP(=S)(CC)C(=O)C(C)c1ccccc1. The highest BCUT2D eigenvalue weighted by Crippen LogP contribution is 2.50. The first-order valence-corrected chi connectivity index (χ1v) is 8.90. The van der Waals surface area contributed by atoms with Crippen LogP contribution in [0.25, 0.3) is 0 Å². The molecule has 0 heterocycles. The highest BCUT2D eigenvalue weighted by atomic mass is 32.4. The average molecular weight is 254 g/mol. The molecule has 1 atom stereocenters. The Morgan fingerprint density at radius 1 is 1.25 bits per heavy atom. The number of carbonyl (C=O) groups is 1. The zero-order valence-corrected chi connectivity index (χ0v) is 11.9. The lowest BCUT2D eigenvalue weighted by atomic mass is 10.0. The van der Waals surface area contributed by atoms with E-state index in [1.165, 1.54) is 0 Å². The number of carbonyl (C=O) groups excluding carboxylic acids is 1. The fourth-order valence-corrected chi connectivity index (χ4v) is 4.17. The van der Waals surface area contributed by atoms with Gasteiger partial charge in [0.1, 0.15) is 0 Å². The second kappa shape index (κ2) is 5.75. The van der Waals surface area contributed by atoms with Crippen molar-refractivity contribution in [1.82, 2.24) is 0 Å². The lowest BCUT2D eigenvalue weighted by molar-refractivity contribution is -0.112. The van der Waals surface area contributed by atoms with E-state index < -0.39 is 6.04 Å². The molecule has 3 heteroatoms. The molecule has 0 bridgehead atoms. The first kappa shape index (κ1) is 13.6. The van der Waals surface area contributed by atoms with E-state index in [0.29, 0.717) is 5.52 Å². The standard InChI is InChI=1S/C13H19OPS/c1-4-15(16,5-2)13(14)11(3)12-9-7-6-8-10-12/h6-11H,4-5H2,1-3H3. The van der Waals surface area contributed by atoms with Crippen LogP contribution in [0.4, 0.5) is 0 Å². The molecule has 1 aromatic rings. The van der Waals surface area contributed by atoms with Crippen molar-refractivity contribution in [3.8, 4) is 0 Å². The molecule has 0 aliphatic heterocycles. The zero-order valence-electron chi connectivity index (χ0n) is 10.1. The molecule has 1 aromatic carbocycles. The van der Waals surface area contributed by atoms with Gasteiger partial charge in [0.05, 0.1) is 0 Å². The van der Waals surface area contributed by atoms with Gasteiger partial charge in [-0.05, 0) is 17.9 Å². The Balaban J connectivity index is 2.95. The summed E-state index contributed by atoms with van der Waals surface area (Å²) in [5.74, 6) is -0.0491. The summed E-state index contributed by atoms with van der Waals surface area (Å²) in [6.07, 6.45) is 1.68. The third-order valence-electron chi connectivity index (χ3n) is 3.09. The highest BCUT2D eigenvalue weighted by molar-refractivity contribution is 8.22. The van der Waals surface area contributed by atoms with E-state index in [2.05, 4.69) is 0 Å². The third-order valence-corrected chi connectivity index (χ3v) is 8.42. The molecule has 0 fully saturated rings. The maximum absolute atomic E-state index is 12.4. The fraction of sp³-hybridized carbons (Fsp3) is 0.462. The van der Waals surface area contributed by atoms with Crippen LogP contribution in [0.2, 0.25) is 0 Å². The Morgan fingerprint density at radius 3 is 2.19 bits per heavy atom. The quantitative estimate of drug-likeness (QED) is 0.743. The van der Waals surface area contributed by atoms with Gasteiger partial charge >= 0.3 is 0 Å². The molecule has 0 amide bonds. The monoisotopic (exact) mass is 254 g/mol. The molecule has 0 radical (unpaired) electrons. The number of hydrogen-bond donors (Lipinski definition) is 0. The van der Waals surface area contributed by atoms with Crippen LogP contribution >= 0.6 is 6.04 Å². The maximum atomic E-state index is 12.4. The van der Waals surface area contributed by atoms with Crippen molar-refractivity contribution in [1.29, 1.82) is 0 Å². The van der Waals surface area contributed by atoms with Crippen molar-refractivity contribution < 1.29 is 4.79 Å². The van der Waals surface area contributed by atoms with Gasteiger partial charge in [-0.2, -0.15) is 0 Å². The van der Waals surface area contributed by atoms with Gasteiger partial charge in [-0.3, -0.25) is 4.79 Å². The van der Waals surface area contributed by atoms with Crippen molar-refractivity contribution >= 4 is 23.4 Å². The molecular weight excluding hydrogens is 235 g/mol. The summed E-state index contributed by atoms with van der Waals surface area (Å²) in [6.45, 7) is 6.06. The number of benzene rings is 1. The van der Waals surface area contributed by atoms with Crippen molar-refractivity contribution in [2.24, 2.45) is 0 Å². The van der Waals surface area contributed by atoms with Gasteiger partial charge in [-0.1, -0.05) is 62.9 Å². The normalized spacial score (nSPS) is 13.4. The topological polar surface area (TPSA) is 17.1 Å². The summed E-state index contributed by atoms with van der Waals surface area (Å²) in [5, 5.41) is 0. The molecule has 16 heavy (non-hydrogen) atoms. The molecule has 1 nitrogen and oxygen atoms in total. The lowest BCUT2D eigenvalue weighted by Gasteiger charge is -2.21. The lowest BCUT2D eigenvalue weighted by Crippen LogP contribution is -2.12. The van der Waals surface area contributed by atoms with Crippen LogP contribution in [0.1, 0.15) is 32.3 Å². The average Bonchev–Trinajstić information content (AvgIpc) is 2.37. The van der Waals surface area contributed by atoms with Crippen molar-refractivity contribution in [3.63, 3.8) is 0 Å². The van der Waals surface area contributed by atoms with Gasteiger partial charge in [-0.25, -0.2) is 0 Å². The Labute approximate surface area is 103 Å². The van der Waals surface area contributed by atoms with Crippen molar-refractivity contribution in [3.05, 3.63) is 35.9 Å². The van der Waals surface area contributed by atoms with Gasteiger partial charge in [0.25, 0.3) is 0 Å². The summed E-state index contributed by atoms with van der Waals surface area (Å²) < 4.78 is 0. The van der Waals surface area contributed by atoms with E-state index in [0.717, 1.165) is 17.9 Å². The van der Waals surface area contributed by atoms with Crippen LogP contribution in [0, 0.1) is 0 Å². The predicted molar refractivity (Wildman–Crippen MR) is 75.2 cm³/mol. The first-order chi connectivity index (χ1) is 7.55. The second-order valence-electron chi connectivity index (χ2n) is 3.99. The fourth-order valence-electron chi connectivity index (χ4n) is 1.77. The van der Waals surface area contributed by atoms with Crippen LogP contribution in [0.15, 0.2) is 30.3 Å². The van der Waals surface area contributed by atoms with Gasteiger partial charge < -0.3 is 0 Å². The summed E-state index contributed by atoms with van der Waals surface area (Å²) in [6, 6.07) is 8.13. The predicted octanol–water partition coefficient (Wildman–Crippen LogP) is 3.84. The molecule has 0 saturated carbocycles. The summed E-state index contributed by atoms with van der Waals surface area (Å²) >= 11 is 5.56. The first-order valence-electron chi connectivity index (χ1n) is 5.72. The van der Waals surface area contributed by atoms with Crippen LogP contribution < -0.4 is 0 Å². The Bertz CT molecular complexity index is 392. The molecule has 1 rings (SSSR count). The molecule has 88 valence electrons. The molecule has 0 saturated heterocycles. The van der Waals surface area contributed by atoms with Gasteiger partial charge in [0.2, 0.25) is 0 Å². The Kier molecular flexibility index (Phi) is 4.89. The van der Waals surface area contributed by atoms with E-state index >= 15 is 0 Å². The highest BCUT2D eigenvalue weighted by Gasteiger charge is 2.27. The smallest absolute Gasteiger partial charge is 0.171 e. The van der Waals surface area contributed by atoms with Gasteiger partial charge in [-0.15, -0.1) is 0 Å². The van der Waals surface area contributed by atoms with Crippen LogP contribution in [-0.2, 0) is 16.6 Å². The van der Waals surface area contributed by atoms with E-state index in [4.69, 9.17) is 11.8 Å². The minimum absolute atomic E-state index is 0.0491. The largest absolute Gasteiger partial charge is 0.293 e. The molecule has 0 spiro atoms. The van der Waals surface area contributed by atoms with E-state index in [9.17, 15) is 4.79 Å². The van der Waals surface area contributed by atoms with E-state index in [-0.39, 0.29) is 5.92 Å². The van der Waals surface area contributed by atoms with Crippen molar-refractivity contribution in [2.75, 3.05) is 12.3 Å². The Morgan fingerprint density at radius 2 is 1.75 bits per heavy atom. The van der Waals surface area contributed by atoms with Crippen LogP contribution in [0.5, 0.6) is 0 Å². The molecule has 0 aromatic heterocycles. The summed E-state index contributed by atoms with van der Waals surface area (Å²) in [7, 11) is 0. The van der Waals surface area contributed by atoms with Gasteiger partial charge in [0.15, 0.2) is 5.52 Å². The number of rotatable bonds is 5. The molecule has 0 aliphatic carbocycles. The Hall–Kier alpha value is -0.460. The van der Waals surface area contributed by atoms with Crippen molar-refractivity contribution in [2.45, 2.75) is 26.7 Å². The van der Waals surface area contributed by atoms with Gasteiger partial charge in [0, 0.05) is 12.0 Å². The second-order valence-corrected chi connectivity index (χ2v) is 9.57. The molecule has 0 aliphatic rings. The van der Waals surface area contributed by atoms with Crippen LogP contribution in [0.3, 0.4) is 0 Å². The minimum atomic E-state index is -1.80. The molecular formula is C13H19OPS. The molecule has 1 unspecified atom stereocenters. The minimum Gasteiger partial charge on any atom is -0.293 e. The maximum Gasteiger partial charge on any atom is 0.171 e. The summed E-state index contributed by atoms with van der Waals surface area (Å²) in [5.41, 5.74) is 1.38. The van der Waals surface area contributed by atoms with E-state index in [1.807, 2.05) is 51.1 Å².